The smallest absolute Gasteiger partial charge is 0.333 e. The summed E-state index contributed by atoms with van der Waals surface area (Å²) in [5.41, 5.74) is 0.519. The van der Waals surface area contributed by atoms with Crippen molar-refractivity contribution in [2.24, 2.45) is 23.7 Å². The Morgan fingerprint density at radius 2 is 1.67 bits per heavy atom. The van der Waals surface area contributed by atoms with Crippen molar-refractivity contribution in [3.63, 3.8) is 0 Å². The second-order valence-corrected chi connectivity index (χ2v) is 6.72. The van der Waals surface area contributed by atoms with Gasteiger partial charge in [-0.25, -0.2) is 4.79 Å². The average Bonchev–Trinajstić information content (AvgIpc) is 2.27. The summed E-state index contributed by atoms with van der Waals surface area (Å²) in [6, 6.07) is 0. The van der Waals surface area contributed by atoms with E-state index in [4.69, 9.17) is 4.74 Å². The SMILES string of the molecule is C=C(C)C(=O)OC1CC2CC(C1)CC(C(C)C)C2. The summed E-state index contributed by atoms with van der Waals surface area (Å²) in [6.45, 7) is 10.1. The Kier molecular flexibility index (Phi) is 4.14. The van der Waals surface area contributed by atoms with Crippen molar-refractivity contribution in [2.45, 2.75) is 59.0 Å². The molecule has 18 heavy (non-hydrogen) atoms. The quantitative estimate of drug-likeness (QED) is 0.560. The first-order valence-electron chi connectivity index (χ1n) is 7.32. The molecule has 0 aromatic carbocycles. The van der Waals surface area contributed by atoms with E-state index < -0.39 is 0 Å². The predicted octanol–water partition coefficient (Wildman–Crippen LogP) is 3.96. The molecule has 102 valence electrons. The number of hydrogen-bond donors (Lipinski definition) is 0. The van der Waals surface area contributed by atoms with Gasteiger partial charge < -0.3 is 4.74 Å². The van der Waals surface area contributed by atoms with E-state index in [2.05, 4.69) is 20.4 Å². The summed E-state index contributed by atoms with van der Waals surface area (Å²) in [6.07, 6.45) is 6.29. The molecule has 0 heterocycles. The summed E-state index contributed by atoms with van der Waals surface area (Å²) >= 11 is 0. The minimum absolute atomic E-state index is 0.145. The molecule has 2 aliphatic carbocycles. The standard InChI is InChI=1S/C16H26O2/c1-10(2)14-6-12-5-13(7-14)9-15(8-12)18-16(17)11(3)4/h10,12-15H,3,5-9H2,1-2,4H3. The molecule has 0 N–H and O–H groups in total. The lowest BCUT2D eigenvalue weighted by Crippen LogP contribution is -2.37. The number of carbonyl (C=O) groups is 1. The molecule has 0 aliphatic heterocycles. The van der Waals surface area contributed by atoms with Crippen molar-refractivity contribution < 1.29 is 9.53 Å². The van der Waals surface area contributed by atoms with Crippen LogP contribution < -0.4 is 0 Å². The maximum atomic E-state index is 11.6. The van der Waals surface area contributed by atoms with Gasteiger partial charge in [-0.15, -0.1) is 0 Å². The molecule has 2 nitrogen and oxygen atoms in total. The highest BCUT2D eigenvalue weighted by molar-refractivity contribution is 5.87. The van der Waals surface area contributed by atoms with E-state index in [0.29, 0.717) is 5.57 Å². The fourth-order valence-corrected chi connectivity index (χ4v) is 3.73. The zero-order valence-corrected chi connectivity index (χ0v) is 11.9. The Labute approximate surface area is 111 Å². The topological polar surface area (TPSA) is 26.3 Å². The van der Waals surface area contributed by atoms with Crippen LogP contribution in [-0.2, 0) is 9.53 Å². The third-order valence-electron chi connectivity index (χ3n) is 4.70. The van der Waals surface area contributed by atoms with E-state index in [0.717, 1.165) is 36.5 Å². The summed E-state index contributed by atoms with van der Waals surface area (Å²) in [7, 11) is 0. The lowest BCUT2D eigenvalue weighted by molar-refractivity contribution is -0.148. The van der Waals surface area contributed by atoms with Crippen molar-refractivity contribution in [3.05, 3.63) is 12.2 Å². The number of hydrogen-bond acceptors (Lipinski definition) is 2. The molecular weight excluding hydrogens is 224 g/mol. The molecule has 2 fully saturated rings. The Morgan fingerprint density at radius 3 is 2.11 bits per heavy atom. The third kappa shape index (κ3) is 3.15. The second-order valence-electron chi connectivity index (χ2n) is 6.72. The van der Waals surface area contributed by atoms with E-state index in [1.807, 2.05) is 0 Å². The van der Waals surface area contributed by atoms with Gasteiger partial charge in [0.1, 0.15) is 6.10 Å². The summed E-state index contributed by atoms with van der Waals surface area (Å²) in [5.74, 6) is 3.01. The van der Waals surface area contributed by atoms with Crippen LogP contribution in [0.4, 0.5) is 0 Å². The van der Waals surface area contributed by atoms with Crippen molar-refractivity contribution >= 4 is 5.97 Å². The lowest BCUT2D eigenvalue weighted by atomic mass is 9.65. The summed E-state index contributed by atoms with van der Waals surface area (Å²) in [4.78, 5) is 11.6. The molecule has 2 unspecified atom stereocenters. The number of carbonyl (C=O) groups excluding carboxylic acids is 1. The number of ether oxygens (including phenoxy) is 1. The van der Waals surface area contributed by atoms with Crippen LogP contribution in [0.25, 0.3) is 0 Å². The van der Waals surface area contributed by atoms with Gasteiger partial charge in [0.05, 0.1) is 0 Å². The average molecular weight is 250 g/mol. The van der Waals surface area contributed by atoms with Crippen LogP contribution in [0.15, 0.2) is 12.2 Å². The van der Waals surface area contributed by atoms with Gasteiger partial charge in [0.15, 0.2) is 0 Å². The molecule has 0 aromatic heterocycles. The number of fused-ring (bicyclic) bond motifs is 2. The fourth-order valence-electron chi connectivity index (χ4n) is 3.73. The summed E-state index contributed by atoms with van der Waals surface area (Å²) in [5, 5.41) is 0. The molecule has 2 aliphatic rings. The van der Waals surface area contributed by atoms with E-state index in [1.54, 1.807) is 6.92 Å². The maximum absolute atomic E-state index is 11.6. The van der Waals surface area contributed by atoms with Gasteiger partial charge in [-0.3, -0.25) is 0 Å². The Hall–Kier alpha value is -0.790. The monoisotopic (exact) mass is 250 g/mol. The molecule has 2 bridgehead atoms. The van der Waals surface area contributed by atoms with Crippen molar-refractivity contribution in [1.29, 1.82) is 0 Å². The van der Waals surface area contributed by atoms with Gasteiger partial charge in [-0.05, 0) is 62.7 Å². The van der Waals surface area contributed by atoms with Crippen LogP contribution in [0, 0.1) is 23.7 Å². The first-order valence-corrected chi connectivity index (χ1v) is 7.32. The molecule has 0 aromatic rings. The largest absolute Gasteiger partial charge is 0.459 e. The van der Waals surface area contributed by atoms with Crippen LogP contribution in [0.3, 0.4) is 0 Å². The molecule has 0 saturated heterocycles. The molecule has 2 saturated carbocycles. The van der Waals surface area contributed by atoms with Gasteiger partial charge in [0.2, 0.25) is 0 Å². The van der Waals surface area contributed by atoms with Gasteiger partial charge in [-0.2, -0.15) is 0 Å². The van der Waals surface area contributed by atoms with Crippen molar-refractivity contribution in [1.82, 2.24) is 0 Å². The Morgan fingerprint density at radius 1 is 1.11 bits per heavy atom. The highest BCUT2D eigenvalue weighted by atomic mass is 16.5. The lowest BCUT2D eigenvalue weighted by Gasteiger charge is -2.43. The van der Waals surface area contributed by atoms with Gasteiger partial charge in [-0.1, -0.05) is 20.4 Å². The fraction of sp³-hybridized carbons (Fsp3) is 0.812. The highest BCUT2D eigenvalue weighted by Gasteiger charge is 2.38. The molecule has 2 atom stereocenters. The van der Waals surface area contributed by atoms with Gasteiger partial charge in [0.25, 0.3) is 0 Å². The normalized spacial score (nSPS) is 35.3. The second kappa shape index (κ2) is 5.46. The molecule has 2 rings (SSSR count). The minimum atomic E-state index is -0.208. The number of esters is 1. The van der Waals surface area contributed by atoms with E-state index >= 15 is 0 Å². The van der Waals surface area contributed by atoms with Crippen molar-refractivity contribution in [2.75, 3.05) is 0 Å². The molecular formula is C16H26O2. The zero-order chi connectivity index (χ0) is 13.3. The zero-order valence-electron chi connectivity index (χ0n) is 11.9. The Bertz CT molecular complexity index is 318. The van der Waals surface area contributed by atoms with Crippen LogP contribution in [0.2, 0.25) is 0 Å². The first kappa shape index (κ1) is 13.6. The molecule has 0 amide bonds. The van der Waals surface area contributed by atoms with E-state index in [9.17, 15) is 4.79 Å². The third-order valence-corrected chi connectivity index (χ3v) is 4.70. The van der Waals surface area contributed by atoms with Crippen LogP contribution in [0.5, 0.6) is 0 Å². The van der Waals surface area contributed by atoms with Crippen LogP contribution >= 0.6 is 0 Å². The minimum Gasteiger partial charge on any atom is -0.459 e. The molecule has 0 spiro atoms. The number of rotatable bonds is 3. The predicted molar refractivity (Wildman–Crippen MR) is 73.1 cm³/mol. The van der Waals surface area contributed by atoms with E-state index in [1.165, 1.54) is 19.3 Å². The Balaban J connectivity index is 1.91. The van der Waals surface area contributed by atoms with Gasteiger partial charge in [0, 0.05) is 5.57 Å². The van der Waals surface area contributed by atoms with Crippen LogP contribution in [-0.4, -0.2) is 12.1 Å². The molecule has 2 heteroatoms. The molecule has 0 radical (unpaired) electrons. The highest BCUT2D eigenvalue weighted by Crippen LogP contribution is 2.45. The van der Waals surface area contributed by atoms with Crippen LogP contribution in [0.1, 0.15) is 52.9 Å². The summed E-state index contributed by atoms with van der Waals surface area (Å²) < 4.78 is 5.55. The van der Waals surface area contributed by atoms with E-state index in [-0.39, 0.29) is 12.1 Å². The maximum Gasteiger partial charge on any atom is 0.333 e. The van der Waals surface area contributed by atoms with Crippen molar-refractivity contribution in [3.8, 4) is 0 Å². The van der Waals surface area contributed by atoms with Gasteiger partial charge >= 0.3 is 5.97 Å². The first-order chi connectivity index (χ1) is 8.45.